The molecule has 0 atom stereocenters. The van der Waals surface area contributed by atoms with Crippen LogP contribution in [0, 0.1) is 13.8 Å². The van der Waals surface area contributed by atoms with Gasteiger partial charge in [-0.2, -0.15) is 0 Å². The number of amides is 1. The molecule has 0 aliphatic heterocycles. The van der Waals surface area contributed by atoms with Crippen molar-refractivity contribution >= 4 is 17.7 Å². The smallest absolute Gasteiger partial charge is 0.274 e. The van der Waals surface area contributed by atoms with Crippen molar-refractivity contribution in [3.05, 3.63) is 89.0 Å². The Morgan fingerprint density at radius 1 is 1.03 bits per heavy atom. The Balaban J connectivity index is 1.60. The van der Waals surface area contributed by atoms with Gasteiger partial charge in [0.05, 0.1) is 18.5 Å². The summed E-state index contributed by atoms with van der Waals surface area (Å²) < 4.78 is 7.06. The van der Waals surface area contributed by atoms with Gasteiger partial charge in [-0.25, -0.2) is 14.6 Å². The summed E-state index contributed by atoms with van der Waals surface area (Å²) in [4.78, 5) is 22.1. The molecule has 1 N–H and O–H groups in total. The number of methoxy groups -OCH3 is 1. The van der Waals surface area contributed by atoms with Crippen LogP contribution in [0.3, 0.4) is 0 Å². The van der Waals surface area contributed by atoms with Crippen LogP contribution in [-0.4, -0.2) is 38.0 Å². The molecular weight excluding hydrogens is 436 g/mol. The first kappa shape index (κ1) is 22.5. The summed E-state index contributed by atoms with van der Waals surface area (Å²) in [5.74, 6) is 0.843. The van der Waals surface area contributed by atoms with Gasteiger partial charge in [-0.1, -0.05) is 53.4 Å². The second-order valence-electron chi connectivity index (χ2n) is 7.35. The highest BCUT2D eigenvalue weighted by atomic mass is 32.2. The van der Waals surface area contributed by atoms with Gasteiger partial charge in [-0.05, 0) is 38.1 Å². The average Bonchev–Trinajstić information content (AvgIpc) is 3.25. The van der Waals surface area contributed by atoms with Crippen LogP contribution in [0.25, 0.3) is 5.69 Å². The molecule has 0 spiro atoms. The van der Waals surface area contributed by atoms with Crippen molar-refractivity contribution in [2.75, 3.05) is 7.11 Å². The summed E-state index contributed by atoms with van der Waals surface area (Å²) in [5, 5.41) is 12.1. The number of aromatic nitrogens is 5. The third kappa shape index (κ3) is 5.38. The number of carbonyl (C=O) groups excluding carboxylic acids is 1. The molecule has 0 aliphatic rings. The maximum atomic E-state index is 13.1. The summed E-state index contributed by atoms with van der Waals surface area (Å²) in [6, 6.07) is 19.1. The van der Waals surface area contributed by atoms with E-state index in [1.807, 2.05) is 74.5 Å². The number of aryl methyl sites for hydroxylation is 2. The van der Waals surface area contributed by atoms with E-state index in [0.717, 1.165) is 22.6 Å². The first-order valence-electron chi connectivity index (χ1n) is 10.4. The zero-order chi connectivity index (χ0) is 23.2. The lowest BCUT2D eigenvalue weighted by Gasteiger charge is -2.10. The molecule has 0 unspecified atom stereocenters. The number of hydrogen-bond donors (Lipinski definition) is 1. The van der Waals surface area contributed by atoms with Gasteiger partial charge in [0.15, 0.2) is 10.9 Å². The number of rotatable bonds is 8. The third-order valence-electron chi connectivity index (χ3n) is 4.91. The van der Waals surface area contributed by atoms with Crippen LogP contribution in [0.1, 0.15) is 33.1 Å². The van der Waals surface area contributed by atoms with E-state index >= 15 is 0 Å². The van der Waals surface area contributed by atoms with E-state index in [0.29, 0.717) is 28.9 Å². The lowest BCUT2D eigenvalue weighted by atomic mass is 10.2. The van der Waals surface area contributed by atoms with Crippen LogP contribution in [0.15, 0.2) is 65.8 Å². The van der Waals surface area contributed by atoms with Gasteiger partial charge in [0.1, 0.15) is 5.75 Å². The van der Waals surface area contributed by atoms with Gasteiger partial charge in [0.2, 0.25) is 0 Å². The summed E-state index contributed by atoms with van der Waals surface area (Å²) in [5.41, 5.74) is 4.44. The highest BCUT2D eigenvalue weighted by Crippen LogP contribution is 2.24. The van der Waals surface area contributed by atoms with Crippen molar-refractivity contribution in [3.63, 3.8) is 0 Å². The fraction of sp³-hybridized carbons (Fsp3) is 0.208. The quantitative estimate of drug-likeness (QED) is 0.315. The Morgan fingerprint density at radius 3 is 2.45 bits per heavy atom. The van der Waals surface area contributed by atoms with Gasteiger partial charge >= 0.3 is 0 Å². The molecule has 0 saturated carbocycles. The van der Waals surface area contributed by atoms with Crippen molar-refractivity contribution in [1.82, 2.24) is 30.3 Å². The number of nitrogens with zero attached hydrogens (tertiary/aromatic N) is 5. The van der Waals surface area contributed by atoms with Crippen molar-refractivity contribution in [3.8, 4) is 11.4 Å². The maximum Gasteiger partial charge on any atom is 0.274 e. The molecule has 4 rings (SSSR count). The second-order valence-corrected chi connectivity index (χ2v) is 8.29. The Bertz CT molecular complexity index is 1240. The largest absolute Gasteiger partial charge is 0.496 e. The van der Waals surface area contributed by atoms with Crippen LogP contribution in [0.5, 0.6) is 5.75 Å². The number of ether oxygens (including phenoxy) is 1. The molecule has 2 heterocycles. The SMILES string of the molecule is COc1ccccc1CNC(=O)c1nnn(-c2ccccc2)c1CSc1nc(C)cc(C)n1. The van der Waals surface area contributed by atoms with Gasteiger partial charge in [-0.15, -0.1) is 5.10 Å². The van der Waals surface area contributed by atoms with E-state index in [9.17, 15) is 4.79 Å². The average molecular weight is 461 g/mol. The number of hydrogen-bond acceptors (Lipinski definition) is 7. The molecule has 2 aromatic heterocycles. The van der Waals surface area contributed by atoms with Crippen molar-refractivity contribution in [2.45, 2.75) is 31.3 Å². The predicted octanol–water partition coefficient (Wildman–Crippen LogP) is 3.91. The molecule has 0 bridgehead atoms. The van der Waals surface area contributed by atoms with Crippen molar-refractivity contribution in [1.29, 1.82) is 0 Å². The fourth-order valence-electron chi connectivity index (χ4n) is 3.38. The molecule has 2 aromatic carbocycles. The van der Waals surface area contributed by atoms with Crippen LogP contribution < -0.4 is 10.1 Å². The number of nitrogens with one attached hydrogen (secondary N) is 1. The van der Waals surface area contributed by atoms with Gasteiger partial charge in [-0.3, -0.25) is 4.79 Å². The molecule has 0 saturated heterocycles. The Kier molecular flexibility index (Phi) is 6.99. The Hall–Kier alpha value is -3.72. The first-order chi connectivity index (χ1) is 16.0. The fourth-order valence-corrected chi connectivity index (χ4v) is 4.33. The van der Waals surface area contributed by atoms with Gasteiger partial charge < -0.3 is 10.1 Å². The van der Waals surface area contributed by atoms with Crippen molar-refractivity contribution < 1.29 is 9.53 Å². The number of para-hydroxylation sites is 2. The highest BCUT2D eigenvalue weighted by molar-refractivity contribution is 7.98. The lowest BCUT2D eigenvalue weighted by molar-refractivity contribution is 0.0945. The molecule has 0 fully saturated rings. The Labute approximate surface area is 196 Å². The van der Waals surface area contributed by atoms with Crippen LogP contribution >= 0.6 is 11.8 Å². The minimum Gasteiger partial charge on any atom is -0.496 e. The van der Waals surface area contributed by atoms with Crippen LogP contribution in [-0.2, 0) is 12.3 Å². The summed E-state index contributed by atoms with van der Waals surface area (Å²) in [7, 11) is 1.61. The maximum absolute atomic E-state index is 13.1. The molecule has 1 amide bonds. The molecule has 4 aromatic rings. The number of benzene rings is 2. The minimum atomic E-state index is -0.306. The molecule has 0 aliphatic carbocycles. The van der Waals surface area contributed by atoms with Crippen LogP contribution in [0.2, 0.25) is 0 Å². The standard InChI is InChI=1S/C24H24N6O2S/c1-16-13-17(2)27-24(26-16)33-15-20-22(28-29-30(20)19-10-5-4-6-11-19)23(31)25-14-18-9-7-8-12-21(18)32-3/h4-13H,14-15H2,1-3H3,(H,25,31). The van der Waals surface area contributed by atoms with E-state index in [2.05, 4.69) is 25.6 Å². The summed E-state index contributed by atoms with van der Waals surface area (Å²) in [6.07, 6.45) is 0. The van der Waals surface area contributed by atoms with E-state index < -0.39 is 0 Å². The van der Waals surface area contributed by atoms with E-state index in [1.54, 1.807) is 11.8 Å². The first-order valence-corrected chi connectivity index (χ1v) is 11.4. The zero-order valence-electron chi connectivity index (χ0n) is 18.6. The van der Waals surface area contributed by atoms with E-state index in [4.69, 9.17) is 4.74 Å². The molecular formula is C24H24N6O2S. The Morgan fingerprint density at radius 2 is 1.73 bits per heavy atom. The van der Waals surface area contributed by atoms with Crippen LogP contribution in [0.4, 0.5) is 0 Å². The second kappa shape index (κ2) is 10.3. The molecule has 168 valence electrons. The van der Waals surface area contributed by atoms with E-state index in [1.165, 1.54) is 11.8 Å². The summed E-state index contributed by atoms with van der Waals surface area (Å²) in [6.45, 7) is 4.18. The molecule has 8 nitrogen and oxygen atoms in total. The van der Waals surface area contributed by atoms with Crippen molar-refractivity contribution in [2.24, 2.45) is 0 Å². The lowest BCUT2D eigenvalue weighted by Crippen LogP contribution is -2.24. The highest BCUT2D eigenvalue weighted by Gasteiger charge is 2.21. The molecule has 0 radical (unpaired) electrons. The molecule has 33 heavy (non-hydrogen) atoms. The van der Waals surface area contributed by atoms with Gasteiger partial charge in [0, 0.05) is 29.2 Å². The number of thioether (sulfide) groups is 1. The number of carbonyl (C=O) groups is 1. The van der Waals surface area contributed by atoms with Gasteiger partial charge in [0.25, 0.3) is 5.91 Å². The topological polar surface area (TPSA) is 94.8 Å². The normalized spacial score (nSPS) is 10.8. The minimum absolute atomic E-state index is 0.269. The zero-order valence-corrected chi connectivity index (χ0v) is 19.5. The summed E-state index contributed by atoms with van der Waals surface area (Å²) >= 11 is 1.44. The predicted molar refractivity (Wildman–Crippen MR) is 127 cm³/mol. The molecule has 9 heteroatoms. The third-order valence-corrected chi connectivity index (χ3v) is 5.77. The monoisotopic (exact) mass is 460 g/mol. The van der Waals surface area contributed by atoms with E-state index in [-0.39, 0.29) is 11.6 Å².